The van der Waals surface area contributed by atoms with Crippen molar-refractivity contribution >= 4 is 16.9 Å². The molecule has 0 N–H and O–H groups in total. The van der Waals surface area contributed by atoms with Crippen LogP contribution < -0.4 is 5.63 Å². The fourth-order valence-corrected chi connectivity index (χ4v) is 3.36. The Balaban J connectivity index is 1.82. The second-order valence-corrected chi connectivity index (χ2v) is 6.42. The molecular formula is C19H23NO4. The Morgan fingerprint density at radius 3 is 3.00 bits per heavy atom. The molecule has 1 aromatic carbocycles. The molecule has 1 saturated heterocycles. The van der Waals surface area contributed by atoms with Crippen molar-refractivity contribution in [3.8, 4) is 0 Å². The molecule has 24 heavy (non-hydrogen) atoms. The zero-order chi connectivity index (χ0) is 17.1. The van der Waals surface area contributed by atoms with Gasteiger partial charge in [-0.15, -0.1) is 0 Å². The average molecular weight is 329 g/mol. The summed E-state index contributed by atoms with van der Waals surface area (Å²) in [5.74, 6) is -0.192. The van der Waals surface area contributed by atoms with Crippen LogP contribution in [0.4, 0.5) is 0 Å². The van der Waals surface area contributed by atoms with Crippen LogP contribution in [0.25, 0.3) is 11.0 Å². The number of piperidine rings is 1. The predicted molar refractivity (Wildman–Crippen MR) is 91.9 cm³/mol. The third-order valence-electron chi connectivity index (χ3n) is 4.51. The molecule has 128 valence electrons. The van der Waals surface area contributed by atoms with Gasteiger partial charge in [0.05, 0.1) is 12.5 Å². The van der Waals surface area contributed by atoms with Gasteiger partial charge in [-0.3, -0.25) is 9.69 Å². The number of carbonyl (C=O) groups excluding carboxylic acids is 1. The first-order chi connectivity index (χ1) is 11.6. The summed E-state index contributed by atoms with van der Waals surface area (Å²) in [7, 11) is 0. The molecular weight excluding hydrogens is 306 g/mol. The van der Waals surface area contributed by atoms with Gasteiger partial charge in [-0.25, -0.2) is 4.79 Å². The zero-order valence-corrected chi connectivity index (χ0v) is 14.2. The number of likely N-dealkylation sites (tertiary alicyclic amines) is 1. The predicted octanol–water partition coefficient (Wildman–Crippen LogP) is 2.88. The molecule has 2 heterocycles. The number of ether oxygens (including phenoxy) is 1. The lowest BCUT2D eigenvalue weighted by Crippen LogP contribution is -2.39. The van der Waals surface area contributed by atoms with Crippen molar-refractivity contribution in [3.63, 3.8) is 0 Å². The highest BCUT2D eigenvalue weighted by molar-refractivity contribution is 5.80. The van der Waals surface area contributed by atoms with Gasteiger partial charge in [0.15, 0.2) is 0 Å². The largest absolute Gasteiger partial charge is 0.466 e. The molecule has 1 aliphatic rings. The van der Waals surface area contributed by atoms with Crippen LogP contribution >= 0.6 is 0 Å². The summed E-state index contributed by atoms with van der Waals surface area (Å²) in [6.45, 7) is 6.45. The van der Waals surface area contributed by atoms with E-state index in [2.05, 4.69) is 4.90 Å². The van der Waals surface area contributed by atoms with Gasteiger partial charge >= 0.3 is 11.6 Å². The van der Waals surface area contributed by atoms with Gasteiger partial charge in [-0.05, 0) is 50.4 Å². The third-order valence-corrected chi connectivity index (χ3v) is 4.51. The lowest BCUT2D eigenvalue weighted by molar-refractivity contribution is -0.150. The maximum absolute atomic E-state index is 12.0. The second-order valence-electron chi connectivity index (χ2n) is 6.42. The Morgan fingerprint density at radius 2 is 2.21 bits per heavy atom. The van der Waals surface area contributed by atoms with Crippen LogP contribution in [-0.2, 0) is 16.1 Å². The van der Waals surface area contributed by atoms with Gasteiger partial charge in [0.25, 0.3) is 0 Å². The van der Waals surface area contributed by atoms with Gasteiger partial charge in [-0.1, -0.05) is 12.1 Å². The Hall–Kier alpha value is -2.14. The Labute approximate surface area is 141 Å². The summed E-state index contributed by atoms with van der Waals surface area (Å²) in [5.41, 5.74) is 2.30. The van der Waals surface area contributed by atoms with E-state index in [1.165, 1.54) is 0 Å². The molecule has 0 spiro atoms. The first kappa shape index (κ1) is 16.7. The molecule has 0 amide bonds. The average Bonchev–Trinajstić information content (AvgIpc) is 2.54. The van der Waals surface area contributed by atoms with Crippen molar-refractivity contribution in [2.24, 2.45) is 5.92 Å². The number of rotatable bonds is 4. The third kappa shape index (κ3) is 3.67. The molecule has 1 aliphatic heterocycles. The molecule has 0 radical (unpaired) electrons. The van der Waals surface area contributed by atoms with E-state index < -0.39 is 0 Å². The highest BCUT2D eigenvalue weighted by Gasteiger charge is 2.27. The Bertz CT molecular complexity index is 796. The minimum Gasteiger partial charge on any atom is -0.466 e. The van der Waals surface area contributed by atoms with Gasteiger partial charge in [-0.2, -0.15) is 0 Å². The minimum atomic E-state index is -0.331. The van der Waals surface area contributed by atoms with Gasteiger partial charge in [0.2, 0.25) is 0 Å². The topological polar surface area (TPSA) is 59.8 Å². The first-order valence-corrected chi connectivity index (χ1v) is 8.49. The van der Waals surface area contributed by atoms with Crippen LogP contribution in [0, 0.1) is 12.8 Å². The van der Waals surface area contributed by atoms with Crippen LogP contribution in [0.2, 0.25) is 0 Å². The Morgan fingerprint density at radius 1 is 1.38 bits per heavy atom. The minimum absolute atomic E-state index is 0.0765. The van der Waals surface area contributed by atoms with E-state index in [-0.39, 0.29) is 17.5 Å². The second kappa shape index (κ2) is 7.18. The van der Waals surface area contributed by atoms with Crippen LogP contribution in [0.3, 0.4) is 0 Å². The molecule has 0 saturated carbocycles. The number of hydrogen-bond acceptors (Lipinski definition) is 5. The quantitative estimate of drug-likeness (QED) is 0.638. The van der Waals surface area contributed by atoms with Crippen LogP contribution in [0.1, 0.15) is 30.9 Å². The van der Waals surface area contributed by atoms with E-state index in [1.54, 1.807) is 6.07 Å². The smallest absolute Gasteiger partial charge is 0.336 e. The van der Waals surface area contributed by atoms with Crippen LogP contribution in [0.5, 0.6) is 0 Å². The van der Waals surface area contributed by atoms with Crippen LogP contribution in [-0.4, -0.2) is 30.6 Å². The molecule has 1 fully saturated rings. The monoisotopic (exact) mass is 329 g/mol. The molecule has 5 heteroatoms. The maximum Gasteiger partial charge on any atom is 0.336 e. The van der Waals surface area contributed by atoms with Crippen molar-refractivity contribution in [3.05, 3.63) is 45.8 Å². The van der Waals surface area contributed by atoms with Crippen molar-refractivity contribution < 1.29 is 13.9 Å². The molecule has 0 unspecified atom stereocenters. The lowest BCUT2D eigenvalue weighted by Gasteiger charge is -2.31. The summed E-state index contributed by atoms with van der Waals surface area (Å²) in [6.07, 6.45) is 1.83. The summed E-state index contributed by atoms with van der Waals surface area (Å²) in [5, 5.41) is 0.957. The number of hydrogen-bond donors (Lipinski definition) is 0. The molecule has 0 aliphatic carbocycles. The summed E-state index contributed by atoms with van der Waals surface area (Å²) in [6, 6.07) is 7.46. The number of fused-ring (bicyclic) bond motifs is 1. The summed E-state index contributed by atoms with van der Waals surface area (Å²) >= 11 is 0. The van der Waals surface area contributed by atoms with Gasteiger partial charge in [0, 0.05) is 24.5 Å². The van der Waals surface area contributed by atoms with Crippen molar-refractivity contribution in [1.82, 2.24) is 4.90 Å². The van der Waals surface area contributed by atoms with Crippen molar-refractivity contribution in [2.75, 3.05) is 19.7 Å². The number of aryl methyl sites for hydroxylation is 1. The number of carbonyl (C=O) groups is 1. The summed E-state index contributed by atoms with van der Waals surface area (Å²) < 4.78 is 10.5. The molecule has 0 bridgehead atoms. The van der Waals surface area contributed by atoms with E-state index in [0.717, 1.165) is 35.9 Å². The van der Waals surface area contributed by atoms with Crippen LogP contribution in [0.15, 0.2) is 33.5 Å². The van der Waals surface area contributed by atoms with E-state index in [1.807, 2.05) is 32.0 Å². The molecule has 5 nitrogen and oxygen atoms in total. The molecule has 2 aromatic rings. The number of nitrogens with zero attached hydrogens (tertiary/aromatic N) is 1. The molecule has 3 rings (SSSR count). The number of esters is 1. The summed E-state index contributed by atoms with van der Waals surface area (Å²) in [4.78, 5) is 26.1. The normalized spacial score (nSPS) is 18.7. The molecule has 1 aromatic heterocycles. The van der Waals surface area contributed by atoms with Crippen molar-refractivity contribution in [2.45, 2.75) is 33.2 Å². The van der Waals surface area contributed by atoms with Gasteiger partial charge < -0.3 is 9.15 Å². The SMILES string of the molecule is CCOC(=O)[C@@H]1CCCN(Cc2cc(=O)oc3cc(C)ccc23)C1. The highest BCUT2D eigenvalue weighted by atomic mass is 16.5. The van der Waals surface area contributed by atoms with Gasteiger partial charge in [0.1, 0.15) is 5.58 Å². The van der Waals surface area contributed by atoms with E-state index in [9.17, 15) is 9.59 Å². The standard InChI is InChI=1S/C19H23NO4/c1-3-23-19(22)14-5-4-8-20(11-14)12-15-10-18(21)24-17-9-13(2)6-7-16(15)17/h6-7,9-10,14H,3-5,8,11-12H2,1-2H3/t14-/m1/s1. The van der Waals surface area contributed by atoms with E-state index in [0.29, 0.717) is 25.3 Å². The number of benzene rings is 1. The fraction of sp³-hybridized carbons (Fsp3) is 0.474. The zero-order valence-electron chi connectivity index (χ0n) is 14.2. The van der Waals surface area contributed by atoms with E-state index >= 15 is 0 Å². The van der Waals surface area contributed by atoms with E-state index in [4.69, 9.17) is 9.15 Å². The maximum atomic E-state index is 12.0. The highest BCUT2D eigenvalue weighted by Crippen LogP contribution is 2.23. The fourth-order valence-electron chi connectivity index (χ4n) is 3.36. The Kier molecular flexibility index (Phi) is 5.00. The lowest BCUT2D eigenvalue weighted by atomic mass is 9.97. The molecule has 1 atom stereocenters. The first-order valence-electron chi connectivity index (χ1n) is 8.49. The van der Waals surface area contributed by atoms with Crippen molar-refractivity contribution in [1.29, 1.82) is 0 Å².